The maximum Gasteiger partial charge on any atom is 0.291 e. The molecule has 0 fully saturated rings. The van der Waals surface area contributed by atoms with Crippen LogP contribution in [0, 0.1) is 6.92 Å². The molecule has 2 aromatic rings. The number of sulfonamides is 2. The molecule has 0 spiro atoms. The standard InChI is InChI=1S/C14H17N3O6S2/c1-9-4-5-10(8-11(9)17-24(3,19)20)16-14(18)12-6-7-13(23-12)25(21,22)15-2/h4-8,15,17H,1-3H3,(H,16,18). The highest BCUT2D eigenvalue weighted by atomic mass is 32.2. The Kier molecular flexibility index (Phi) is 5.20. The Balaban J connectivity index is 2.23. The van der Waals surface area contributed by atoms with Crippen LogP contribution in [-0.4, -0.2) is 36.0 Å². The molecule has 0 saturated carbocycles. The largest absolute Gasteiger partial charge is 0.438 e. The Hall–Kier alpha value is -2.37. The van der Waals surface area contributed by atoms with Crippen LogP contribution in [0.3, 0.4) is 0 Å². The summed E-state index contributed by atoms with van der Waals surface area (Å²) in [4.78, 5) is 12.2. The number of hydrogen-bond acceptors (Lipinski definition) is 6. The van der Waals surface area contributed by atoms with Gasteiger partial charge in [0.2, 0.25) is 15.1 Å². The Morgan fingerprint density at radius 1 is 1.08 bits per heavy atom. The molecule has 0 aliphatic carbocycles. The number of benzene rings is 1. The zero-order valence-corrected chi connectivity index (χ0v) is 15.3. The highest BCUT2D eigenvalue weighted by Crippen LogP contribution is 2.22. The first-order chi connectivity index (χ1) is 11.5. The molecule has 0 bridgehead atoms. The minimum atomic E-state index is -3.79. The molecule has 0 aliphatic rings. The maximum atomic E-state index is 12.2. The highest BCUT2D eigenvalue weighted by Gasteiger charge is 2.19. The minimum Gasteiger partial charge on any atom is -0.438 e. The van der Waals surface area contributed by atoms with Gasteiger partial charge in [-0.05, 0) is 43.8 Å². The van der Waals surface area contributed by atoms with Crippen molar-refractivity contribution in [2.24, 2.45) is 0 Å². The summed E-state index contributed by atoms with van der Waals surface area (Å²) < 4.78 is 55.4. The van der Waals surface area contributed by atoms with E-state index in [0.717, 1.165) is 12.3 Å². The van der Waals surface area contributed by atoms with Gasteiger partial charge < -0.3 is 9.73 Å². The van der Waals surface area contributed by atoms with Crippen LogP contribution in [0.15, 0.2) is 39.8 Å². The Morgan fingerprint density at radius 3 is 2.36 bits per heavy atom. The van der Waals surface area contributed by atoms with Gasteiger partial charge >= 0.3 is 0 Å². The molecule has 0 atom stereocenters. The predicted molar refractivity (Wildman–Crippen MR) is 92.6 cm³/mol. The fourth-order valence-electron chi connectivity index (χ4n) is 1.89. The van der Waals surface area contributed by atoms with E-state index in [-0.39, 0.29) is 10.9 Å². The minimum absolute atomic E-state index is 0.202. The van der Waals surface area contributed by atoms with Gasteiger partial charge in [0.25, 0.3) is 15.9 Å². The second-order valence-corrected chi connectivity index (χ2v) is 8.75. The third-order valence-electron chi connectivity index (χ3n) is 3.13. The zero-order chi connectivity index (χ0) is 18.8. The van der Waals surface area contributed by atoms with Crippen molar-refractivity contribution in [1.29, 1.82) is 0 Å². The summed E-state index contributed by atoms with van der Waals surface area (Å²) in [6.07, 6.45) is 1.02. The number of nitrogens with one attached hydrogen (secondary N) is 3. The summed E-state index contributed by atoms with van der Waals surface area (Å²) >= 11 is 0. The highest BCUT2D eigenvalue weighted by molar-refractivity contribution is 7.92. The van der Waals surface area contributed by atoms with Gasteiger partial charge in [0.1, 0.15) is 0 Å². The SMILES string of the molecule is CNS(=O)(=O)c1ccc(C(=O)Nc2ccc(C)c(NS(C)(=O)=O)c2)o1. The van der Waals surface area contributed by atoms with Crippen LogP contribution in [0.25, 0.3) is 0 Å². The first-order valence-corrected chi connectivity index (χ1v) is 10.3. The van der Waals surface area contributed by atoms with Crippen LogP contribution in [0.4, 0.5) is 11.4 Å². The fraction of sp³-hybridized carbons (Fsp3) is 0.214. The molecule has 0 aliphatic heterocycles. The molecule has 0 unspecified atom stereocenters. The molecule has 9 nitrogen and oxygen atoms in total. The van der Waals surface area contributed by atoms with Crippen molar-refractivity contribution in [1.82, 2.24) is 4.72 Å². The van der Waals surface area contributed by atoms with Gasteiger partial charge in [-0.1, -0.05) is 6.07 Å². The molecule has 0 radical (unpaired) electrons. The van der Waals surface area contributed by atoms with Gasteiger partial charge in [-0.3, -0.25) is 9.52 Å². The van der Waals surface area contributed by atoms with Crippen molar-refractivity contribution in [3.05, 3.63) is 41.7 Å². The molecule has 2 rings (SSSR count). The summed E-state index contributed by atoms with van der Waals surface area (Å²) in [6, 6.07) is 7.04. The van der Waals surface area contributed by atoms with Crippen LogP contribution in [0.5, 0.6) is 0 Å². The molecule has 136 valence electrons. The predicted octanol–water partition coefficient (Wildman–Crippen LogP) is 1.12. The lowest BCUT2D eigenvalue weighted by atomic mass is 10.2. The topological polar surface area (TPSA) is 135 Å². The van der Waals surface area contributed by atoms with E-state index >= 15 is 0 Å². The second-order valence-electron chi connectivity index (χ2n) is 5.18. The normalized spacial score (nSPS) is 12.0. The van der Waals surface area contributed by atoms with Gasteiger partial charge in [-0.15, -0.1) is 0 Å². The smallest absolute Gasteiger partial charge is 0.291 e. The molecule has 11 heteroatoms. The van der Waals surface area contributed by atoms with Crippen LogP contribution in [-0.2, 0) is 20.0 Å². The number of carbonyl (C=O) groups excluding carboxylic acids is 1. The van der Waals surface area contributed by atoms with Crippen LogP contribution in [0.1, 0.15) is 16.1 Å². The lowest BCUT2D eigenvalue weighted by Crippen LogP contribution is -2.18. The number of hydrogen-bond donors (Lipinski definition) is 3. The molecule has 25 heavy (non-hydrogen) atoms. The lowest BCUT2D eigenvalue weighted by Gasteiger charge is -2.10. The van der Waals surface area contributed by atoms with E-state index < -0.39 is 26.0 Å². The average molecular weight is 387 g/mol. The summed E-state index contributed by atoms with van der Waals surface area (Å²) in [5.74, 6) is -0.876. The van der Waals surface area contributed by atoms with Crippen molar-refractivity contribution in [3.8, 4) is 0 Å². The third kappa shape index (κ3) is 4.81. The summed E-state index contributed by atoms with van der Waals surface area (Å²) in [7, 11) is -6.04. The molecule has 0 saturated heterocycles. The Morgan fingerprint density at radius 2 is 1.76 bits per heavy atom. The van der Waals surface area contributed by atoms with Gasteiger partial charge in [0, 0.05) is 5.69 Å². The molecule has 1 aromatic heterocycles. The number of furan rings is 1. The molecule has 1 amide bonds. The quantitative estimate of drug-likeness (QED) is 0.680. The number of anilines is 2. The van der Waals surface area contributed by atoms with Crippen molar-refractivity contribution in [3.63, 3.8) is 0 Å². The molecule has 1 heterocycles. The number of carbonyl (C=O) groups is 1. The van der Waals surface area contributed by atoms with Gasteiger partial charge in [0.15, 0.2) is 5.76 Å². The number of amides is 1. The molecule has 3 N–H and O–H groups in total. The summed E-state index contributed by atoms with van der Waals surface area (Å²) in [6.45, 7) is 1.71. The number of aryl methyl sites for hydroxylation is 1. The van der Waals surface area contributed by atoms with Crippen LogP contribution >= 0.6 is 0 Å². The third-order valence-corrected chi connectivity index (χ3v) is 5.01. The van der Waals surface area contributed by atoms with E-state index in [1.165, 1.54) is 19.2 Å². The average Bonchev–Trinajstić information content (AvgIpc) is 3.00. The van der Waals surface area contributed by atoms with E-state index in [9.17, 15) is 21.6 Å². The van der Waals surface area contributed by atoms with E-state index in [4.69, 9.17) is 4.42 Å². The number of rotatable bonds is 6. The van der Waals surface area contributed by atoms with E-state index in [1.54, 1.807) is 19.1 Å². The lowest BCUT2D eigenvalue weighted by molar-refractivity contribution is 0.0991. The van der Waals surface area contributed by atoms with Crippen molar-refractivity contribution in [2.75, 3.05) is 23.3 Å². The van der Waals surface area contributed by atoms with E-state index in [1.807, 2.05) is 0 Å². The van der Waals surface area contributed by atoms with Crippen LogP contribution in [0.2, 0.25) is 0 Å². The summed E-state index contributed by atoms with van der Waals surface area (Å²) in [5.41, 5.74) is 1.30. The van der Waals surface area contributed by atoms with E-state index in [2.05, 4.69) is 14.8 Å². The maximum absolute atomic E-state index is 12.2. The zero-order valence-electron chi connectivity index (χ0n) is 13.7. The van der Waals surface area contributed by atoms with Crippen LogP contribution < -0.4 is 14.8 Å². The fourth-order valence-corrected chi connectivity index (χ4v) is 3.16. The molecular weight excluding hydrogens is 370 g/mol. The second kappa shape index (κ2) is 6.86. The molecular formula is C14H17N3O6S2. The Labute approximate surface area is 145 Å². The first-order valence-electron chi connectivity index (χ1n) is 6.95. The Bertz CT molecular complexity index is 1010. The van der Waals surface area contributed by atoms with Gasteiger partial charge in [-0.2, -0.15) is 0 Å². The van der Waals surface area contributed by atoms with Crippen molar-refractivity contribution >= 4 is 37.3 Å². The van der Waals surface area contributed by atoms with Crippen molar-refractivity contribution < 1.29 is 26.0 Å². The molecule has 1 aromatic carbocycles. The first kappa shape index (κ1) is 19.0. The summed E-state index contributed by atoms with van der Waals surface area (Å²) in [5, 5.41) is 2.13. The monoisotopic (exact) mass is 387 g/mol. The van der Waals surface area contributed by atoms with Gasteiger partial charge in [0.05, 0.1) is 11.9 Å². The van der Waals surface area contributed by atoms with Gasteiger partial charge in [-0.25, -0.2) is 21.6 Å². The van der Waals surface area contributed by atoms with E-state index in [0.29, 0.717) is 16.9 Å². The van der Waals surface area contributed by atoms with Crippen molar-refractivity contribution in [2.45, 2.75) is 12.0 Å².